The number of aliphatic hydroxyl groups excluding tert-OH is 1. The van der Waals surface area contributed by atoms with Crippen molar-refractivity contribution < 1.29 is 27.8 Å². The summed E-state index contributed by atoms with van der Waals surface area (Å²) in [5, 5.41) is 11.7. The summed E-state index contributed by atoms with van der Waals surface area (Å²) in [6.07, 6.45) is -6.01. The summed E-state index contributed by atoms with van der Waals surface area (Å²) in [7, 11) is 0. The van der Waals surface area contributed by atoms with Crippen LogP contribution >= 0.6 is 0 Å². The van der Waals surface area contributed by atoms with Crippen molar-refractivity contribution in [3.8, 4) is 0 Å². The molecule has 124 valence electrons. The highest BCUT2D eigenvalue weighted by Crippen LogP contribution is 2.32. The number of halogens is 3. The van der Waals surface area contributed by atoms with Crippen molar-refractivity contribution in [3.05, 3.63) is 29.3 Å². The van der Waals surface area contributed by atoms with Crippen molar-refractivity contribution in [2.24, 2.45) is 0 Å². The molecule has 7 heteroatoms. The van der Waals surface area contributed by atoms with Gasteiger partial charge in [-0.05, 0) is 45.4 Å². The molecule has 0 fully saturated rings. The molecule has 0 spiro atoms. The lowest BCUT2D eigenvalue weighted by atomic mass is 10.0. The number of hydrogen-bond acceptors (Lipinski definition) is 3. The van der Waals surface area contributed by atoms with Gasteiger partial charge < -0.3 is 9.84 Å². The van der Waals surface area contributed by atoms with E-state index in [-0.39, 0.29) is 12.1 Å². The quantitative estimate of drug-likeness (QED) is 0.886. The van der Waals surface area contributed by atoms with Gasteiger partial charge in [0, 0.05) is 12.1 Å². The number of amides is 1. The summed E-state index contributed by atoms with van der Waals surface area (Å²) in [5.74, 6) is 0. The van der Waals surface area contributed by atoms with Crippen molar-refractivity contribution in [2.75, 3.05) is 5.32 Å². The number of alkyl halides is 3. The lowest BCUT2D eigenvalue weighted by molar-refractivity contribution is -0.137. The molecule has 0 bridgehead atoms. The number of ether oxygens (including phenoxy) is 1. The summed E-state index contributed by atoms with van der Waals surface area (Å²) in [5.41, 5.74) is -1.28. The van der Waals surface area contributed by atoms with Crippen LogP contribution in [-0.4, -0.2) is 22.9 Å². The van der Waals surface area contributed by atoms with E-state index in [4.69, 9.17) is 4.74 Å². The Morgan fingerprint density at radius 3 is 2.36 bits per heavy atom. The average Bonchev–Trinajstić information content (AvgIpc) is 2.26. The monoisotopic (exact) mass is 319 g/mol. The van der Waals surface area contributed by atoms with Crippen LogP contribution in [0.3, 0.4) is 0 Å². The molecule has 1 rings (SSSR count). The van der Waals surface area contributed by atoms with E-state index in [1.54, 1.807) is 20.8 Å². The minimum Gasteiger partial charge on any atom is -0.444 e. The SMILES string of the molecule is C[C@@H](O)Cc1ccc(C(F)(F)F)cc1NC(=O)OC(C)(C)C. The first-order valence-electron chi connectivity index (χ1n) is 6.76. The van der Waals surface area contributed by atoms with E-state index in [1.165, 1.54) is 13.0 Å². The van der Waals surface area contributed by atoms with Crippen LogP contribution in [0.2, 0.25) is 0 Å². The van der Waals surface area contributed by atoms with Gasteiger partial charge in [0.2, 0.25) is 0 Å². The highest BCUT2D eigenvalue weighted by molar-refractivity contribution is 5.86. The maximum absolute atomic E-state index is 12.8. The molecule has 1 aromatic carbocycles. The van der Waals surface area contributed by atoms with Gasteiger partial charge in [0.1, 0.15) is 5.60 Å². The lowest BCUT2D eigenvalue weighted by Crippen LogP contribution is -2.27. The van der Waals surface area contributed by atoms with Gasteiger partial charge in [0.25, 0.3) is 0 Å². The molecule has 0 saturated heterocycles. The molecule has 1 amide bonds. The number of carbonyl (C=O) groups excluding carboxylic acids is 1. The van der Waals surface area contributed by atoms with Crippen molar-refractivity contribution in [3.63, 3.8) is 0 Å². The molecule has 0 aliphatic rings. The molecule has 4 nitrogen and oxygen atoms in total. The summed E-state index contributed by atoms with van der Waals surface area (Å²) >= 11 is 0. The molecule has 0 aliphatic carbocycles. The Bertz CT molecular complexity index is 534. The number of aliphatic hydroxyl groups is 1. The third-order valence-corrected chi connectivity index (χ3v) is 2.59. The van der Waals surface area contributed by atoms with Crippen molar-refractivity contribution >= 4 is 11.8 Å². The first-order valence-corrected chi connectivity index (χ1v) is 6.76. The maximum Gasteiger partial charge on any atom is 0.416 e. The van der Waals surface area contributed by atoms with Gasteiger partial charge in [-0.3, -0.25) is 5.32 Å². The van der Waals surface area contributed by atoms with Crippen LogP contribution in [0.1, 0.15) is 38.8 Å². The first kappa shape index (κ1) is 18.3. The van der Waals surface area contributed by atoms with Gasteiger partial charge in [-0.25, -0.2) is 4.79 Å². The molecule has 2 N–H and O–H groups in total. The number of anilines is 1. The molecule has 0 heterocycles. The van der Waals surface area contributed by atoms with E-state index in [0.29, 0.717) is 5.56 Å². The van der Waals surface area contributed by atoms with Gasteiger partial charge >= 0.3 is 12.3 Å². The van der Waals surface area contributed by atoms with E-state index in [0.717, 1.165) is 12.1 Å². The van der Waals surface area contributed by atoms with E-state index < -0.39 is 29.5 Å². The Balaban J connectivity index is 3.09. The van der Waals surface area contributed by atoms with Gasteiger partial charge in [0.15, 0.2) is 0 Å². The highest BCUT2D eigenvalue weighted by Gasteiger charge is 2.31. The lowest BCUT2D eigenvalue weighted by Gasteiger charge is -2.21. The Morgan fingerprint density at radius 1 is 1.32 bits per heavy atom. The fourth-order valence-corrected chi connectivity index (χ4v) is 1.78. The number of hydrogen-bond donors (Lipinski definition) is 2. The summed E-state index contributed by atoms with van der Waals surface area (Å²) < 4.78 is 43.4. The molecular weight excluding hydrogens is 299 g/mol. The molecule has 0 radical (unpaired) electrons. The molecule has 0 aliphatic heterocycles. The van der Waals surface area contributed by atoms with Crippen molar-refractivity contribution in [1.82, 2.24) is 0 Å². The number of rotatable bonds is 3. The van der Waals surface area contributed by atoms with Crippen LogP contribution in [0, 0.1) is 0 Å². The van der Waals surface area contributed by atoms with Gasteiger partial charge in [-0.1, -0.05) is 6.07 Å². The van der Waals surface area contributed by atoms with E-state index >= 15 is 0 Å². The first-order chi connectivity index (χ1) is 9.88. The Morgan fingerprint density at radius 2 is 1.91 bits per heavy atom. The molecule has 1 atom stereocenters. The number of carbonyl (C=O) groups is 1. The normalized spacial score (nSPS) is 13.6. The summed E-state index contributed by atoms with van der Waals surface area (Å²) in [4.78, 5) is 11.7. The fraction of sp³-hybridized carbons (Fsp3) is 0.533. The standard InChI is InChI=1S/C15H20F3NO3/c1-9(20)7-10-5-6-11(15(16,17)18)8-12(10)19-13(21)22-14(2,3)4/h5-6,8-9,20H,7H2,1-4H3,(H,19,21)/t9-/m1/s1. The Kier molecular flexibility index (Phi) is 5.45. The van der Waals surface area contributed by atoms with Gasteiger partial charge in [-0.2, -0.15) is 13.2 Å². The van der Waals surface area contributed by atoms with Crippen LogP contribution < -0.4 is 5.32 Å². The van der Waals surface area contributed by atoms with E-state index in [9.17, 15) is 23.1 Å². The van der Waals surface area contributed by atoms with Crippen LogP contribution in [0.25, 0.3) is 0 Å². The zero-order valence-corrected chi connectivity index (χ0v) is 12.9. The van der Waals surface area contributed by atoms with Crippen molar-refractivity contribution in [2.45, 2.75) is 52.0 Å². The number of benzene rings is 1. The Labute approximate surface area is 127 Å². The minimum atomic E-state index is -4.52. The summed E-state index contributed by atoms with van der Waals surface area (Å²) in [6.45, 7) is 6.45. The van der Waals surface area contributed by atoms with E-state index in [2.05, 4.69) is 5.32 Å². The molecular formula is C15H20F3NO3. The fourth-order valence-electron chi connectivity index (χ4n) is 1.78. The zero-order chi connectivity index (χ0) is 17.1. The predicted octanol–water partition coefficient (Wildman–Crippen LogP) is 3.98. The third-order valence-electron chi connectivity index (χ3n) is 2.59. The second kappa shape index (κ2) is 6.56. The predicted molar refractivity (Wildman–Crippen MR) is 76.7 cm³/mol. The second-order valence-electron chi connectivity index (χ2n) is 6.05. The topological polar surface area (TPSA) is 58.6 Å². The Hall–Kier alpha value is -1.76. The third kappa shape index (κ3) is 5.93. The minimum absolute atomic E-state index is 0.0232. The van der Waals surface area contributed by atoms with Crippen LogP contribution in [0.5, 0.6) is 0 Å². The highest BCUT2D eigenvalue weighted by atomic mass is 19.4. The zero-order valence-electron chi connectivity index (χ0n) is 12.9. The molecule has 0 unspecified atom stereocenters. The van der Waals surface area contributed by atoms with Crippen LogP contribution in [0.15, 0.2) is 18.2 Å². The van der Waals surface area contributed by atoms with Gasteiger partial charge in [0.05, 0.1) is 11.7 Å². The second-order valence-corrected chi connectivity index (χ2v) is 6.05. The number of nitrogens with one attached hydrogen (secondary N) is 1. The van der Waals surface area contributed by atoms with E-state index in [1.807, 2.05) is 0 Å². The molecule has 1 aromatic rings. The maximum atomic E-state index is 12.8. The molecule has 0 saturated carbocycles. The molecule has 22 heavy (non-hydrogen) atoms. The molecule has 0 aromatic heterocycles. The van der Waals surface area contributed by atoms with Gasteiger partial charge in [-0.15, -0.1) is 0 Å². The smallest absolute Gasteiger partial charge is 0.416 e. The van der Waals surface area contributed by atoms with Crippen LogP contribution in [0.4, 0.5) is 23.7 Å². The van der Waals surface area contributed by atoms with Crippen molar-refractivity contribution in [1.29, 1.82) is 0 Å². The summed E-state index contributed by atoms with van der Waals surface area (Å²) in [6, 6.07) is 2.99. The average molecular weight is 319 g/mol. The largest absolute Gasteiger partial charge is 0.444 e. The van der Waals surface area contributed by atoms with Crippen LogP contribution in [-0.2, 0) is 17.3 Å².